The summed E-state index contributed by atoms with van der Waals surface area (Å²) in [6.07, 6.45) is 1.50. The Kier molecular flexibility index (Phi) is 6.03. The fraction of sp³-hybridized carbons (Fsp3) is 0.467. The normalized spacial score (nSPS) is 19.2. The van der Waals surface area contributed by atoms with Crippen molar-refractivity contribution in [1.82, 2.24) is 5.32 Å². The molecule has 120 valence electrons. The maximum Gasteiger partial charge on any atom is 0.326 e. The average Bonchev–Trinajstić information content (AvgIpc) is 2.52. The van der Waals surface area contributed by atoms with Gasteiger partial charge in [-0.2, -0.15) is 0 Å². The minimum Gasteiger partial charge on any atom is -0.482 e. The Labute approximate surface area is 133 Å². The van der Waals surface area contributed by atoms with Gasteiger partial charge in [0.15, 0.2) is 6.61 Å². The van der Waals surface area contributed by atoms with Crippen LogP contribution in [-0.4, -0.2) is 42.8 Å². The summed E-state index contributed by atoms with van der Waals surface area (Å²) in [5, 5.41) is 12.2. The third kappa shape index (κ3) is 4.61. The number of halogens is 1. The summed E-state index contributed by atoms with van der Waals surface area (Å²) < 4.78 is 10.6. The number of hydrogen-bond donors (Lipinski definition) is 2. The second kappa shape index (κ2) is 8.00. The molecule has 0 bridgehead atoms. The molecule has 22 heavy (non-hydrogen) atoms. The highest BCUT2D eigenvalue weighted by Crippen LogP contribution is 2.23. The van der Waals surface area contributed by atoms with Gasteiger partial charge in [0.2, 0.25) is 0 Å². The SMILES string of the molecule is O=C(COc1ccccc1Cl)NC(C(=O)O)C1CCCOC1. The van der Waals surface area contributed by atoms with E-state index in [0.29, 0.717) is 30.4 Å². The fourth-order valence-corrected chi connectivity index (χ4v) is 2.52. The number of carboxylic acids is 1. The van der Waals surface area contributed by atoms with Gasteiger partial charge >= 0.3 is 5.97 Å². The van der Waals surface area contributed by atoms with Crippen molar-refractivity contribution in [3.63, 3.8) is 0 Å². The summed E-state index contributed by atoms with van der Waals surface area (Å²) in [6.45, 7) is 0.677. The Morgan fingerprint density at radius 3 is 2.86 bits per heavy atom. The Balaban J connectivity index is 1.88. The smallest absolute Gasteiger partial charge is 0.326 e. The monoisotopic (exact) mass is 327 g/mol. The van der Waals surface area contributed by atoms with Crippen molar-refractivity contribution >= 4 is 23.5 Å². The number of aliphatic carboxylic acids is 1. The van der Waals surface area contributed by atoms with Gasteiger partial charge in [0.1, 0.15) is 11.8 Å². The number of carbonyl (C=O) groups excluding carboxylic acids is 1. The van der Waals surface area contributed by atoms with E-state index in [1.807, 2.05) is 0 Å². The lowest BCUT2D eigenvalue weighted by Gasteiger charge is -2.28. The summed E-state index contributed by atoms with van der Waals surface area (Å²) >= 11 is 5.92. The summed E-state index contributed by atoms with van der Waals surface area (Å²) in [4.78, 5) is 23.2. The molecule has 0 saturated carbocycles. The van der Waals surface area contributed by atoms with Crippen LogP contribution in [0.15, 0.2) is 24.3 Å². The van der Waals surface area contributed by atoms with Gasteiger partial charge in [-0.15, -0.1) is 0 Å². The first-order valence-corrected chi connectivity index (χ1v) is 7.43. The molecule has 1 aromatic rings. The van der Waals surface area contributed by atoms with Gasteiger partial charge in [-0.1, -0.05) is 23.7 Å². The molecule has 0 radical (unpaired) electrons. The van der Waals surface area contributed by atoms with E-state index in [9.17, 15) is 14.7 Å². The zero-order chi connectivity index (χ0) is 15.9. The number of carboxylic acid groups (broad SMARTS) is 1. The average molecular weight is 328 g/mol. The lowest BCUT2D eigenvalue weighted by atomic mass is 9.94. The summed E-state index contributed by atoms with van der Waals surface area (Å²) in [5.41, 5.74) is 0. The fourth-order valence-electron chi connectivity index (χ4n) is 2.33. The van der Waals surface area contributed by atoms with Crippen LogP contribution in [0, 0.1) is 5.92 Å². The molecule has 7 heteroatoms. The van der Waals surface area contributed by atoms with E-state index in [1.165, 1.54) is 0 Å². The van der Waals surface area contributed by atoms with E-state index in [2.05, 4.69) is 5.32 Å². The lowest BCUT2D eigenvalue weighted by Crippen LogP contribution is -2.49. The quantitative estimate of drug-likeness (QED) is 0.831. The standard InChI is InChI=1S/C15H18ClNO5/c16-11-5-1-2-6-12(11)22-9-13(18)17-14(15(19)20)10-4-3-7-21-8-10/h1-2,5-6,10,14H,3-4,7-9H2,(H,17,18)(H,19,20). The van der Waals surface area contributed by atoms with Crippen LogP contribution in [0.1, 0.15) is 12.8 Å². The van der Waals surface area contributed by atoms with Crippen LogP contribution in [0.25, 0.3) is 0 Å². The number of amides is 1. The number of benzene rings is 1. The Morgan fingerprint density at radius 2 is 2.23 bits per heavy atom. The summed E-state index contributed by atoms with van der Waals surface area (Å²) in [6, 6.07) is 5.80. The van der Waals surface area contributed by atoms with Gasteiger partial charge in [0.25, 0.3) is 5.91 Å². The molecule has 2 N–H and O–H groups in total. The van der Waals surface area contributed by atoms with E-state index in [1.54, 1.807) is 24.3 Å². The first-order chi connectivity index (χ1) is 10.6. The van der Waals surface area contributed by atoms with E-state index < -0.39 is 17.9 Å². The van der Waals surface area contributed by atoms with Gasteiger partial charge < -0.3 is 19.9 Å². The number of rotatable bonds is 6. The Bertz CT molecular complexity index is 530. The zero-order valence-corrected chi connectivity index (χ0v) is 12.7. The second-order valence-corrected chi connectivity index (χ2v) is 5.49. The molecular formula is C15H18ClNO5. The first-order valence-electron chi connectivity index (χ1n) is 7.05. The van der Waals surface area contributed by atoms with Gasteiger partial charge in [-0.3, -0.25) is 4.79 Å². The molecule has 6 nitrogen and oxygen atoms in total. The van der Waals surface area contributed by atoms with Crippen LogP contribution in [0.5, 0.6) is 5.75 Å². The van der Waals surface area contributed by atoms with Crippen LogP contribution in [0.3, 0.4) is 0 Å². The molecule has 0 aliphatic carbocycles. The van der Waals surface area contributed by atoms with Crippen molar-refractivity contribution < 1.29 is 24.2 Å². The number of ether oxygens (including phenoxy) is 2. The molecule has 2 rings (SSSR count). The first kappa shape index (κ1) is 16.6. The van der Waals surface area contributed by atoms with Crippen LogP contribution < -0.4 is 10.1 Å². The predicted octanol–water partition coefficient (Wildman–Crippen LogP) is 1.71. The highest BCUT2D eigenvalue weighted by molar-refractivity contribution is 6.32. The molecule has 2 atom stereocenters. The number of carbonyl (C=O) groups is 2. The molecular weight excluding hydrogens is 310 g/mol. The second-order valence-electron chi connectivity index (χ2n) is 5.08. The van der Waals surface area contributed by atoms with Crippen LogP contribution >= 0.6 is 11.6 Å². The molecule has 1 aliphatic rings. The Hall–Kier alpha value is -1.79. The maximum atomic E-state index is 11.9. The molecule has 1 heterocycles. The molecule has 1 fully saturated rings. The minimum absolute atomic E-state index is 0.226. The highest BCUT2D eigenvalue weighted by Gasteiger charge is 2.31. The largest absolute Gasteiger partial charge is 0.482 e. The minimum atomic E-state index is -1.07. The predicted molar refractivity (Wildman–Crippen MR) is 80.1 cm³/mol. The van der Waals surface area contributed by atoms with Gasteiger partial charge in [0, 0.05) is 12.5 Å². The van der Waals surface area contributed by atoms with Crippen LogP contribution in [0.2, 0.25) is 5.02 Å². The van der Waals surface area contributed by atoms with Crippen molar-refractivity contribution in [3.05, 3.63) is 29.3 Å². The Morgan fingerprint density at radius 1 is 1.45 bits per heavy atom. The number of nitrogens with one attached hydrogen (secondary N) is 1. The van der Waals surface area contributed by atoms with Crippen LogP contribution in [0.4, 0.5) is 0 Å². The van der Waals surface area contributed by atoms with E-state index >= 15 is 0 Å². The van der Waals surface area contributed by atoms with Gasteiger partial charge in [-0.05, 0) is 25.0 Å². The number of hydrogen-bond acceptors (Lipinski definition) is 4. The molecule has 1 amide bonds. The third-order valence-electron chi connectivity index (χ3n) is 3.44. The number of para-hydroxylation sites is 1. The lowest BCUT2D eigenvalue weighted by molar-refractivity contribution is -0.145. The zero-order valence-electron chi connectivity index (χ0n) is 12.0. The maximum absolute atomic E-state index is 11.9. The van der Waals surface area contributed by atoms with Crippen molar-refractivity contribution in [2.75, 3.05) is 19.8 Å². The van der Waals surface area contributed by atoms with Crippen molar-refractivity contribution in [2.45, 2.75) is 18.9 Å². The van der Waals surface area contributed by atoms with E-state index in [-0.39, 0.29) is 12.5 Å². The van der Waals surface area contributed by atoms with Gasteiger partial charge in [-0.25, -0.2) is 4.79 Å². The van der Waals surface area contributed by atoms with Crippen molar-refractivity contribution in [3.8, 4) is 5.75 Å². The summed E-state index contributed by atoms with van der Waals surface area (Å²) in [5.74, 6) is -1.41. The van der Waals surface area contributed by atoms with E-state index in [0.717, 1.165) is 6.42 Å². The van der Waals surface area contributed by atoms with Crippen LogP contribution in [-0.2, 0) is 14.3 Å². The van der Waals surface area contributed by atoms with Crippen molar-refractivity contribution in [2.24, 2.45) is 5.92 Å². The van der Waals surface area contributed by atoms with Gasteiger partial charge in [0.05, 0.1) is 11.6 Å². The van der Waals surface area contributed by atoms with Crippen molar-refractivity contribution in [1.29, 1.82) is 0 Å². The molecule has 1 aliphatic heterocycles. The molecule has 1 saturated heterocycles. The molecule has 2 unspecified atom stereocenters. The molecule has 1 aromatic carbocycles. The summed E-state index contributed by atoms with van der Waals surface area (Å²) in [7, 11) is 0. The topological polar surface area (TPSA) is 84.9 Å². The van der Waals surface area contributed by atoms with E-state index in [4.69, 9.17) is 21.1 Å². The third-order valence-corrected chi connectivity index (χ3v) is 3.76. The molecule has 0 spiro atoms. The molecule has 0 aromatic heterocycles. The highest BCUT2D eigenvalue weighted by atomic mass is 35.5.